The number of hydrogen-bond acceptors (Lipinski definition) is 3. The number of nitrogens with zero attached hydrogens (tertiary/aromatic N) is 1. The fourth-order valence-corrected chi connectivity index (χ4v) is 2.55. The number of rotatable bonds is 17. The van der Waals surface area contributed by atoms with Gasteiger partial charge in [-0.2, -0.15) is 0 Å². The van der Waals surface area contributed by atoms with Gasteiger partial charge < -0.3 is 10.4 Å². The van der Waals surface area contributed by atoms with E-state index >= 15 is 0 Å². The molecule has 0 saturated heterocycles. The van der Waals surface area contributed by atoms with Crippen molar-refractivity contribution in [1.29, 1.82) is 0 Å². The van der Waals surface area contributed by atoms with Gasteiger partial charge in [-0.15, -0.1) is 6.58 Å². The first-order chi connectivity index (χ1) is 11.7. The van der Waals surface area contributed by atoms with Crippen LogP contribution in [0.4, 0.5) is 0 Å². The first-order valence-corrected chi connectivity index (χ1v) is 9.63. The van der Waals surface area contributed by atoms with E-state index in [0.717, 1.165) is 38.8 Å². The summed E-state index contributed by atoms with van der Waals surface area (Å²) in [5, 5.41) is 12.1. The molecule has 0 bridgehead atoms. The standard InChI is InChI=1S/C20H38N2O2/c1-3-5-7-9-11-13-16-22(18-19-23)17-15-21-20(24)14-12-10-8-6-4-2/h3,12,14,23H,1,4-11,13,15-19H2,2H3,(H,21,24)/b14-12+. The molecule has 1 amide bonds. The molecule has 0 aromatic heterocycles. The molecule has 0 atom stereocenters. The predicted octanol–water partition coefficient (Wildman–Crippen LogP) is 3.67. The van der Waals surface area contributed by atoms with Crippen LogP contribution in [0.3, 0.4) is 0 Å². The molecule has 0 aromatic rings. The molecular weight excluding hydrogens is 300 g/mol. The Hall–Kier alpha value is -1.13. The quantitative estimate of drug-likeness (QED) is 0.242. The molecular formula is C20H38N2O2. The average Bonchev–Trinajstić information content (AvgIpc) is 2.57. The minimum atomic E-state index is -0.0140. The van der Waals surface area contributed by atoms with Crippen molar-refractivity contribution in [2.75, 3.05) is 32.8 Å². The van der Waals surface area contributed by atoms with Crippen molar-refractivity contribution in [3.63, 3.8) is 0 Å². The number of nitrogens with one attached hydrogen (secondary N) is 1. The minimum absolute atomic E-state index is 0.0140. The van der Waals surface area contributed by atoms with Crippen LogP contribution in [0.5, 0.6) is 0 Å². The van der Waals surface area contributed by atoms with Crippen molar-refractivity contribution < 1.29 is 9.90 Å². The first-order valence-electron chi connectivity index (χ1n) is 9.63. The van der Waals surface area contributed by atoms with E-state index in [9.17, 15) is 4.79 Å². The van der Waals surface area contributed by atoms with Crippen LogP contribution >= 0.6 is 0 Å². The Bertz CT molecular complexity index is 330. The Kier molecular flexibility index (Phi) is 17.4. The van der Waals surface area contributed by atoms with Crippen LogP contribution in [-0.2, 0) is 4.79 Å². The molecule has 0 spiro atoms. The van der Waals surface area contributed by atoms with Crippen molar-refractivity contribution in [2.24, 2.45) is 0 Å². The summed E-state index contributed by atoms with van der Waals surface area (Å²) in [5.74, 6) is -0.0140. The van der Waals surface area contributed by atoms with Crippen molar-refractivity contribution in [2.45, 2.75) is 64.7 Å². The van der Waals surface area contributed by atoms with Gasteiger partial charge in [-0.1, -0.05) is 44.8 Å². The minimum Gasteiger partial charge on any atom is -0.395 e. The fourth-order valence-electron chi connectivity index (χ4n) is 2.55. The van der Waals surface area contributed by atoms with Gasteiger partial charge in [0.1, 0.15) is 0 Å². The molecule has 140 valence electrons. The molecule has 0 aliphatic carbocycles. The molecule has 0 heterocycles. The van der Waals surface area contributed by atoms with Crippen molar-refractivity contribution in [1.82, 2.24) is 10.2 Å². The van der Waals surface area contributed by atoms with E-state index in [1.807, 2.05) is 12.2 Å². The maximum Gasteiger partial charge on any atom is 0.243 e. The topological polar surface area (TPSA) is 52.6 Å². The van der Waals surface area contributed by atoms with Crippen LogP contribution in [0.2, 0.25) is 0 Å². The lowest BCUT2D eigenvalue weighted by Crippen LogP contribution is -2.36. The lowest BCUT2D eigenvalue weighted by atomic mass is 10.1. The zero-order valence-electron chi connectivity index (χ0n) is 15.6. The highest BCUT2D eigenvalue weighted by Gasteiger charge is 2.04. The molecule has 4 nitrogen and oxygen atoms in total. The van der Waals surface area contributed by atoms with E-state index in [-0.39, 0.29) is 12.5 Å². The molecule has 24 heavy (non-hydrogen) atoms. The largest absolute Gasteiger partial charge is 0.395 e. The van der Waals surface area contributed by atoms with Gasteiger partial charge in [0.05, 0.1) is 6.61 Å². The average molecular weight is 339 g/mol. The summed E-state index contributed by atoms with van der Waals surface area (Å²) in [5.41, 5.74) is 0. The summed E-state index contributed by atoms with van der Waals surface area (Å²) in [6.45, 7) is 9.17. The second kappa shape index (κ2) is 18.2. The number of amides is 1. The summed E-state index contributed by atoms with van der Waals surface area (Å²) >= 11 is 0. The maximum absolute atomic E-state index is 11.7. The zero-order chi connectivity index (χ0) is 17.9. The SMILES string of the molecule is C=CCCCCCCN(CCO)CCNC(=O)/C=C/CCCCC. The van der Waals surface area contributed by atoms with E-state index in [2.05, 4.69) is 23.7 Å². The van der Waals surface area contributed by atoms with Crippen molar-refractivity contribution in [3.8, 4) is 0 Å². The van der Waals surface area contributed by atoms with Crippen LogP contribution in [0.25, 0.3) is 0 Å². The van der Waals surface area contributed by atoms with E-state index < -0.39 is 0 Å². The number of carbonyl (C=O) groups is 1. The number of unbranched alkanes of at least 4 members (excludes halogenated alkanes) is 7. The van der Waals surface area contributed by atoms with Crippen molar-refractivity contribution in [3.05, 3.63) is 24.8 Å². The Labute approximate surface area is 149 Å². The summed E-state index contributed by atoms with van der Waals surface area (Å²) < 4.78 is 0. The maximum atomic E-state index is 11.7. The van der Waals surface area contributed by atoms with Crippen LogP contribution < -0.4 is 5.32 Å². The highest BCUT2D eigenvalue weighted by molar-refractivity contribution is 5.87. The number of hydrogen-bond donors (Lipinski definition) is 2. The normalized spacial score (nSPS) is 11.3. The highest BCUT2D eigenvalue weighted by Crippen LogP contribution is 2.04. The smallest absolute Gasteiger partial charge is 0.243 e. The monoisotopic (exact) mass is 338 g/mol. The molecule has 4 heteroatoms. The lowest BCUT2D eigenvalue weighted by Gasteiger charge is -2.21. The number of allylic oxidation sites excluding steroid dienone is 2. The van der Waals surface area contributed by atoms with Gasteiger partial charge in [0.25, 0.3) is 0 Å². The number of carbonyl (C=O) groups excluding carboxylic acids is 1. The lowest BCUT2D eigenvalue weighted by molar-refractivity contribution is -0.116. The second-order valence-electron chi connectivity index (χ2n) is 6.25. The van der Waals surface area contributed by atoms with Crippen molar-refractivity contribution >= 4 is 5.91 Å². The van der Waals surface area contributed by atoms with Gasteiger partial charge in [0, 0.05) is 19.6 Å². The molecule has 0 aliphatic rings. The van der Waals surface area contributed by atoms with Crippen LogP contribution in [0.15, 0.2) is 24.8 Å². The second-order valence-corrected chi connectivity index (χ2v) is 6.25. The Morgan fingerprint density at radius 3 is 2.50 bits per heavy atom. The van der Waals surface area contributed by atoms with E-state index in [0.29, 0.717) is 13.1 Å². The third-order valence-electron chi connectivity index (χ3n) is 4.02. The summed E-state index contributed by atoms with van der Waals surface area (Å²) in [6, 6.07) is 0. The van der Waals surface area contributed by atoms with Gasteiger partial charge >= 0.3 is 0 Å². The zero-order valence-corrected chi connectivity index (χ0v) is 15.6. The molecule has 0 aliphatic heterocycles. The van der Waals surface area contributed by atoms with E-state index in [1.54, 1.807) is 6.08 Å². The Balaban J connectivity index is 3.75. The van der Waals surface area contributed by atoms with Crippen LogP contribution in [-0.4, -0.2) is 48.7 Å². The fraction of sp³-hybridized carbons (Fsp3) is 0.750. The molecule has 2 N–H and O–H groups in total. The third-order valence-corrected chi connectivity index (χ3v) is 4.02. The summed E-state index contributed by atoms with van der Waals surface area (Å²) in [6.07, 6.45) is 16.0. The third kappa shape index (κ3) is 15.8. The predicted molar refractivity (Wildman–Crippen MR) is 103 cm³/mol. The van der Waals surface area contributed by atoms with Gasteiger partial charge in [-0.3, -0.25) is 9.69 Å². The molecule has 0 fully saturated rings. The van der Waals surface area contributed by atoms with Crippen LogP contribution in [0.1, 0.15) is 64.7 Å². The first kappa shape index (κ1) is 22.9. The Morgan fingerprint density at radius 1 is 1.04 bits per heavy atom. The molecule has 0 rings (SSSR count). The van der Waals surface area contributed by atoms with Gasteiger partial charge in [-0.05, 0) is 44.7 Å². The number of aliphatic hydroxyl groups is 1. The van der Waals surface area contributed by atoms with Gasteiger partial charge in [-0.25, -0.2) is 0 Å². The van der Waals surface area contributed by atoms with Gasteiger partial charge in [0.2, 0.25) is 5.91 Å². The number of aliphatic hydroxyl groups excluding tert-OH is 1. The molecule has 0 saturated carbocycles. The molecule has 0 unspecified atom stereocenters. The van der Waals surface area contributed by atoms with E-state index in [1.165, 1.54) is 32.1 Å². The highest BCUT2D eigenvalue weighted by atomic mass is 16.3. The summed E-state index contributed by atoms with van der Waals surface area (Å²) in [7, 11) is 0. The van der Waals surface area contributed by atoms with E-state index in [4.69, 9.17) is 5.11 Å². The van der Waals surface area contributed by atoms with Gasteiger partial charge in [0.15, 0.2) is 0 Å². The Morgan fingerprint density at radius 2 is 1.79 bits per heavy atom. The molecule has 0 aromatic carbocycles. The van der Waals surface area contributed by atoms with Crippen LogP contribution in [0, 0.1) is 0 Å². The summed E-state index contributed by atoms with van der Waals surface area (Å²) in [4.78, 5) is 13.9. The molecule has 0 radical (unpaired) electrons.